The van der Waals surface area contributed by atoms with Crippen molar-refractivity contribution in [3.63, 3.8) is 0 Å². The van der Waals surface area contributed by atoms with Gasteiger partial charge in [0.25, 0.3) is 0 Å². The molecule has 0 saturated carbocycles. The Morgan fingerprint density at radius 3 is 2.67 bits per heavy atom. The van der Waals surface area contributed by atoms with Gasteiger partial charge >= 0.3 is 10.2 Å². The largest absolute Gasteiger partial charge is 0.370 e. The van der Waals surface area contributed by atoms with E-state index in [9.17, 15) is 8.42 Å². The summed E-state index contributed by atoms with van der Waals surface area (Å²) in [6.07, 6.45) is 0. The first kappa shape index (κ1) is 12.8. The minimum absolute atomic E-state index is 0.0331. The number of nitrogens with two attached hydrogens (primary N) is 1. The maximum absolute atomic E-state index is 11.5. The molecule has 0 atom stereocenters. The lowest BCUT2D eigenvalue weighted by molar-refractivity contribution is 0.187. The number of nitrogens with one attached hydrogen (secondary N) is 1. The molecule has 18 heavy (non-hydrogen) atoms. The average Bonchev–Trinajstić information content (AvgIpc) is 2.82. The maximum atomic E-state index is 11.5. The fourth-order valence-electron chi connectivity index (χ4n) is 1.51. The second-order valence-corrected chi connectivity index (χ2v) is 5.00. The Labute approximate surface area is 105 Å². The van der Waals surface area contributed by atoms with Crippen LogP contribution >= 0.6 is 0 Å². The van der Waals surface area contributed by atoms with E-state index < -0.39 is 10.2 Å². The third-order valence-electron chi connectivity index (χ3n) is 2.26. The first-order chi connectivity index (χ1) is 8.57. The summed E-state index contributed by atoms with van der Waals surface area (Å²) in [6.45, 7) is 1.43. The van der Waals surface area contributed by atoms with E-state index in [0.717, 1.165) is 6.54 Å². The van der Waals surface area contributed by atoms with E-state index in [1.165, 1.54) is 0 Å². The van der Waals surface area contributed by atoms with E-state index >= 15 is 0 Å². The Kier molecular flexibility index (Phi) is 3.80. The number of nitrogens with zero attached hydrogens (tertiary/aromatic N) is 2. The van der Waals surface area contributed by atoms with Crippen molar-refractivity contribution in [1.29, 1.82) is 0 Å². The average molecular weight is 270 g/mol. The van der Waals surface area contributed by atoms with Crippen molar-refractivity contribution in [2.45, 2.75) is 0 Å². The van der Waals surface area contributed by atoms with Crippen LogP contribution in [0.5, 0.6) is 0 Å². The van der Waals surface area contributed by atoms with Gasteiger partial charge in [0.2, 0.25) is 0 Å². The Balaban J connectivity index is 2.11. The SMILES string of the molecule is NS(=O)(=O)N(OCC1=NCCN1)c1ccccc1. The van der Waals surface area contributed by atoms with Gasteiger partial charge in [0.05, 0.1) is 12.2 Å². The van der Waals surface area contributed by atoms with Crippen LogP contribution in [0.3, 0.4) is 0 Å². The van der Waals surface area contributed by atoms with E-state index in [1.54, 1.807) is 30.3 Å². The smallest absolute Gasteiger partial charge is 0.321 e. The van der Waals surface area contributed by atoms with Crippen LogP contribution in [0.1, 0.15) is 0 Å². The monoisotopic (exact) mass is 270 g/mol. The Morgan fingerprint density at radius 1 is 1.39 bits per heavy atom. The summed E-state index contributed by atoms with van der Waals surface area (Å²) < 4.78 is 23.6. The third-order valence-corrected chi connectivity index (χ3v) is 3.04. The van der Waals surface area contributed by atoms with Crippen molar-refractivity contribution in [2.75, 3.05) is 24.2 Å². The highest BCUT2D eigenvalue weighted by molar-refractivity contribution is 7.90. The molecule has 0 fully saturated rings. The van der Waals surface area contributed by atoms with E-state index in [1.807, 2.05) is 0 Å². The van der Waals surface area contributed by atoms with Crippen LogP contribution in [0.4, 0.5) is 5.69 Å². The van der Waals surface area contributed by atoms with Crippen molar-refractivity contribution in [2.24, 2.45) is 10.1 Å². The molecule has 0 aromatic heterocycles. The minimum atomic E-state index is -3.98. The highest BCUT2D eigenvalue weighted by Gasteiger charge is 2.20. The minimum Gasteiger partial charge on any atom is -0.370 e. The summed E-state index contributed by atoms with van der Waals surface area (Å²) >= 11 is 0. The van der Waals surface area contributed by atoms with Crippen molar-refractivity contribution in [3.8, 4) is 0 Å². The van der Waals surface area contributed by atoms with Crippen molar-refractivity contribution >= 4 is 21.7 Å². The van der Waals surface area contributed by atoms with Gasteiger partial charge in [0.1, 0.15) is 12.4 Å². The number of hydrogen-bond acceptors (Lipinski definition) is 5. The molecule has 3 N–H and O–H groups in total. The fraction of sp³-hybridized carbons (Fsp3) is 0.300. The molecule has 0 amide bonds. The van der Waals surface area contributed by atoms with Crippen LogP contribution in [0.2, 0.25) is 0 Å². The van der Waals surface area contributed by atoms with Crippen LogP contribution in [-0.2, 0) is 15.0 Å². The van der Waals surface area contributed by atoms with E-state index in [-0.39, 0.29) is 6.61 Å². The molecule has 1 aromatic carbocycles. The predicted molar refractivity (Wildman–Crippen MR) is 68.3 cm³/mol. The van der Waals surface area contributed by atoms with Gasteiger partial charge in [-0.25, -0.2) is 9.98 Å². The van der Waals surface area contributed by atoms with E-state index in [0.29, 0.717) is 22.5 Å². The lowest BCUT2D eigenvalue weighted by Crippen LogP contribution is -2.39. The highest BCUT2D eigenvalue weighted by Crippen LogP contribution is 2.15. The van der Waals surface area contributed by atoms with Crippen LogP contribution in [0.25, 0.3) is 0 Å². The van der Waals surface area contributed by atoms with Gasteiger partial charge in [0, 0.05) is 6.54 Å². The second kappa shape index (κ2) is 5.34. The lowest BCUT2D eigenvalue weighted by Gasteiger charge is -2.20. The summed E-state index contributed by atoms with van der Waals surface area (Å²) in [5.41, 5.74) is 0.346. The molecule has 0 radical (unpaired) electrons. The first-order valence-corrected chi connectivity index (χ1v) is 6.86. The summed E-state index contributed by atoms with van der Waals surface area (Å²) in [6, 6.07) is 8.35. The molecule has 7 nitrogen and oxygen atoms in total. The molecule has 2 rings (SSSR count). The topological polar surface area (TPSA) is 97.0 Å². The summed E-state index contributed by atoms with van der Waals surface area (Å²) in [5, 5.41) is 8.09. The summed E-state index contributed by atoms with van der Waals surface area (Å²) in [4.78, 5) is 9.31. The summed E-state index contributed by atoms with van der Waals surface area (Å²) in [7, 11) is -3.98. The number of benzene rings is 1. The van der Waals surface area contributed by atoms with Gasteiger partial charge in [-0.05, 0) is 12.1 Å². The standard InChI is InChI=1S/C10H14N4O3S/c11-18(15,16)14(9-4-2-1-3-5-9)17-8-10-12-6-7-13-10/h1-5H,6-8H2,(H,12,13)(H2,11,15,16). The number of para-hydroxylation sites is 1. The number of hydrogen-bond donors (Lipinski definition) is 2. The molecule has 0 aliphatic carbocycles. The molecule has 1 aromatic rings. The van der Waals surface area contributed by atoms with Crippen molar-refractivity contribution in [3.05, 3.63) is 30.3 Å². The molecule has 0 bridgehead atoms. The Bertz CT molecular complexity index is 529. The highest BCUT2D eigenvalue weighted by atomic mass is 32.2. The molecule has 1 aliphatic heterocycles. The first-order valence-electron chi connectivity index (χ1n) is 5.35. The zero-order valence-electron chi connectivity index (χ0n) is 9.61. The fourth-order valence-corrected chi connectivity index (χ4v) is 2.12. The third kappa shape index (κ3) is 3.19. The second-order valence-electron chi connectivity index (χ2n) is 3.64. The van der Waals surface area contributed by atoms with Gasteiger partial charge in [-0.1, -0.05) is 18.2 Å². The number of rotatable bonds is 5. The molecule has 1 heterocycles. The lowest BCUT2D eigenvalue weighted by atomic mass is 10.3. The van der Waals surface area contributed by atoms with Gasteiger partial charge in [0.15, 0.2) is 0 Å². The normalized spacial score (nSPS) is 15.1. The number of anilines is 1. The van der Waals surface area contributed by atoms with Crippen LogP contribution in [0.15, 0.2) is 35.3 Å². The Morgan fingerprint density at radius 2 is 2.11 bits per heavy atom. The molecular formula is C10H14N4O3S. The van der Waals surface area contributed by atoms with Crippen LogP contribution in [0, 0.1) is 0 Å². The molecule has 0 spiro atoms. The van der Waals surface area contributed by atoms with Gasteiger partial charge in [-0.3, -0.25) is 4.99 Å². The quantitative estimate of drug-likeness (QED) is 0.713. The zero-order valence-corrected chi connectivity index (χ0v) is 10.4. The molecule has 0 unspecified atom stereocenters. The Hall–Kier alpha value is -1.64. The molecule has 98 valence electrons. The van der Waals surface area contributed by atoms with E-state index in [2.05, 4.69) is 10.3 Å². The van der Waals surface area contributed by atoms with Crippen molar-refractivity contribution < 1.29 is 13.3 Å². The number of amidine groups is 1. The van der Waals surface area contributed by atoms with Gasteiger partial charge < -0.3 is 5.32 Å². The van der Waals surface area contributed by atoms with Gasteiger partial charge in [-0.2, -0.15) is 8.42 Å². The molecule has 0 saturated heterocycles. The number of aliphatic imine (C=N–C) groups is 1. The molecular weight excluding hydrogens is 256 g/mol. The maximum Gasteiger partial charge on any atom is 0.321 e. The molecule has 1 aliphatic rings. The van der Waals surface area contributed by atoms with Crippen LogP contribution < -0.4 is 14.9 Å². The molecule has 8 heteroatoms. The predicted octanol–water partition coefficient (Wildman–Crippen LogP) is -0.370. The van der Waals surface area contributed by atoms with E-state index in [4.69, 9.17) is 9.98 Å². The van der Waals surface area contributed by atoms with Crippen molar-refractivity contribution in [1.82, 2.24) is 5.32 Å². The van der Waals surface area contributed by atoms with Gasteiger partial charge in [-0.15, -0.1) is 4.47 Å². The zero-order chi connectivity index (χ0) is 13.0. The summed E-state index contributed by atoms with van der Waals surface area (Å²) in [5.74, 6) is 0.611. The van der Waals surface area contributed by atoms with Crippen LogP contribution in [-0.4, -0.2) is 33.9 Å².